The fourth-order valence-corrected chi connectivity index (χ4v) is 3.46. The predicted octanol–water partition coefficient (Wildman–Crippen LogP) is 4.82. The van der Waals surface area contributed by atoms with Crippen LogP contribution in [0.5, 0.6) is 0 Å². The molecule has 0 bridgehead atoms. The Kier molecular flexibility index (Phi) is 6.18. The Morgan fingerprint density at radius 3 is 2.59 bits per heavy atom. The van der Waals surface area contributed by atoms with Crippen LogP contribution in [-0.4, -0.2) is 18.4 Å². The van der Waals surface area contributed by atoms with Gasteiger partial charge in [-0.05, 0) is 48.9 Å². The van der Waals surface area contributed by atoms with E-state index in [4.69, 9.17) is 0 Å². The molecule has 136 valence electrons. The van der Waals surface area contributed by atoms with Crippen LogP contribution in [0.25, 0.3) is 16.5 Å². The van der Waals surface area contributed by atoms with Crippen LogP contribution in [0.1, 0.15) is 22.2 Å². The minimum absolute atomic E-state index is 0.156. The molecule has 1 heterocycles. The van der Waals surface area contributed by atoms with Crippen molar-refractivity contribution in [3.05, 3.63) is 83.2 Å². The van der Waals surface area contributed by atoms with Gasteiger partial charge < -0.3 is 10.6 Å². The summed E-state index contributed by atoms with van der Waals surface area (Å²) in [6, 6.07) is 21.1. The van der Waals surface area contributed by atoms with Crippen LogP contribution in [0, 0.1) is 0 Å². The largest absolute Gasteiger partial charge is 0.352 e. The molecule has 2 N–H and O–H groups in total. The molecular formula is C22H20N2O2S. The number of carbonyl (C=O) groups is 2. The van der Waals surface area contributed by atoms with Crippen LogP contribution in [0.4, 0.5) is 5.69 Å². The van der Waals surface area contributed by atoms with E-state index in [-0.39, 0.29) is 11.8 Å². The number of hydrogen-bond acceptors (Lipinski definition) is 3. The molecule has 0 saturated heterocycles. The molecule has 0 unspecified atom stereocenters. The third-order valence-electron chi connectivity index (χ3n) is 3.81. The van der Waals surface area contributed by atoms with Crippen LogP contribution in [0.2, 0.25) is 0 Å². The lowest BCUT2D eigenvalue weighted by atomic mass is 10.2. The summed E-state index contributed by atoms with van der Waals surface area (Å²) in [6.07, 6.45) is 3.29. The fraction of sp³-hybridized carbons (Fsp3) is 0.0909. The average Bonchev–Trinajstić information content (AvgIpc) is 3.17. The second-order valence-electron chi connectivity index (χ2n) is 5.83. The molecule has 2 aromatic carbocycles. The van der Waals surface area contributed by atoms with E-state index < -0.39 is 0 Å². The first kappa shape index (κ1) is 18.6. The summed E-state index contributed by atoms with van der Waals surface area (Å²) < 4.78 is 0. The van der Waals surface area contributed by atoms with Crippen molar-refractivity contribution in [3.8, 4) is 10.4 Å². The predicted molar refractivity (Wildman–Crippen MR) is 112 cm³/mol. The summed E-state index contributed by atoms with van der Waals surface area (Å²) in [7, 11) is 0. The van der Waals surface area contributed by atoms with Gasteiger partial charge in [-0.25, -0.2) is 0 Å². The number of amides is 2. The lowest BCUT2D eigenvalue weighted by molar-refractivity contribution is -0.111. The van der Waals surface area contributed by atoms with E-state index in [2.05, 4.69) is 22.8 Å². The molecule has 3 rings (SSSR count). The van der Waals surface area contributed by atoms with Crippen LogP contribution >= 0.6 is 11.3 Å². The van der Waals surface area contributed by atoms with Crippen molar-refractivity contribution in [2.24, 2.45) is 0 Å². The van der Waals surface area contributed by atoms with E-state index in [1.165, 1.54) is 6.08 Å². The molecule has 1 aromatic heterocycles. The summed E-state index contributed by atoms with van der Waals surface area (Å²) in [4.78, 5) is 26.2. The number of anilines is 1. The normalized spacial score (nSPS) is 10.7. The van der Waals surface area contributed by atoms with E-state index in [0.29, 0.717) is 17.8 Å². The smallest absolute Gasteiger partial charge is 0.251 e. The highest BCUT2D eigenvalue weighted by atomic mass is 32.1. The number of benzene rings is 2. The van der Waals surface area contributed by atoms with Gasteiger partial charge in [0.1, 0.15) is 0 Å². The van der Waals surface area contributed by atoms with Gasteiger partial charge in [-0.15, -0.1) is 11.3 Å². The van der Waals surface area contributed by atoms with Crippen molar-refractivity contribution >= 4 is 34.9 Å². The molecule has 0 aliphatic heterocycles. The third kappa shape index (κ3) is 5.15. The highest BCUT2D eigenvalue weighted by Gasteiger charge is 2.06. The highest BCUT2D eigenvalue weighted by molar-refractivity contribution is 7.16. The Morgan fingerprint density at radius 1 is 1.00 bits per heavy atom. The molecule has 0 aliphatic carbocycles. The summed E-state index contributed by atoms with van der Waals surface area (Å²) in [5.74, 6) is -0.395. The molecule has 0 saturated carbocycles. The van der Waals surface area contributed by atoms with Gasteiger partial charge in [-0.1, -0.05) is 36.4 Å². The molecule has 0 spiro atoms. The van der Waals surface area contributed by atoms with Crippen molar-refractivity contribution in [1.29, 1.82) is 0 Å². The fourth-order valence-electron chi connectivity index (χ4n) is 2.54. The lowest BCUT2D eigenvalue weighted by Gasteiger charge is -2.05. The molecule has 2 amide bonds. The van der Waals surface area contributed by atoms with E-state index in [1.54, 1.807) is 41.7 Å². The molecule has 0 aliphatic rings. The molecule has 0 radical (unpaired) electrons. The molecule has 0 fully saturated rings. The summed E-state index contributed by atoms with van der Waals surface area (Å²) in [5, 5.41) is 5.53. The number of nitrogens with one attached hydrogen (secondary N) is 2. The molecule has 3 aromatic rings. The zero-order valence-corrected chi connectivity index (χ0v) is 15.8. The first-order valence-electron chi connectivity index (χ1n) is 8.68. The summed E-state index contributed by atoms with van der Waals surface area (Å²) in [5.41, 5.74) is 2.27. The summed E-state index contributed by atoms with van der Waals surface area (Å²) in [6.45, 7) is 2.42. The van der Waals surface area contributed by atoms with Gasteiger partial charge in [0.05, 0.1) is 0 Å². The van der Waals surface area contributed by atoms with Crippen molar-refractivity contribution in [3.63, 3.8) is 0 Å². The topological polar surface area (TPSA) is 58.2 Å². The third-order valence-corrected chi connectivity index (χ3v) is 4.91. The maximum Gasteiger partial charge on any atom is 0.251 e. The highest BCUT2D eigenvalue weighted by Crippen LogP contribution is 2.28. The van der Waals surface area contributed by atoms with Gasteiger partial charge >= 0.3 is 0 Å². The van der Waals surface area contributed by atoms with Gasteiger partial charge in [-0.2, -0.15) is 0 Å². The number of rotatable bonds is 6. The molecule has 5 heteroatoms. The monoisotopic (exact) mass is 376 g/mol. The van der Waals surface area contributed by atoms with Crippen molar-refractivity contribution < 1.29 is 9.59 Å². The van der Waals surface area contributed by atoms with Gasteiger partial charge in [0.2, 0.25) is 5.91 Å². The second-order valence-corrected chi connectivity index (χ2v) is 6.95. The Bertz CT molecular complexity index is 961. The Morgan fingerprint density at radius 2 is 1.81 bits per heavy atom. The zero-order chi connectivity index (χ0) is 19.1. The van der Waals surface area contributed by atoms with E-state index in [1.807, 2.05) is 37.3 Å². The quantitative estimate of drug-likeness (QED) is 0.606. The van der Waals surface area contributed by atoms with Crippen molar-refractivity contribution in [1.82, 2.24) is 5.32 Å². The molecule has 4 nitrogen and oxygen atoms in total. The van der Waals surface area contributed by atoms with Gasteiger partial charge in [0.25, 0.3) is 5.91 Å². The van der Waals surface area contributed by atoms with E-state index >= 15 is 0 Å². The number of thiophene rings is 1. The molecular weight excluding hydrogens is 356 g/mol. The SMILES string of the molecule is CCNC(=O)c1cccc(NC(=O)/C=C/c2ccc(-c3ccccc3)s2)c1. The van der Waals surface area contributed by atoms with Crippen LogP contribution in [0.15, 0.2) is 72.8 Å². The maximum absolute atomic E-state index is 12.2. The van der Waals surface area contributed by atoms with Crippen LogP contribution < -0.4 is 10.6 Å². The minimum atomic E-state index is -0.238. The Hall–Kier alpha value is -3.18. The van der Waals surface area contributed by atoms with Gasteiger partial charge in [-0.3, -0.25) is 9.59 Å². The van der Waals surface area contributed by atoms with E-state index in [0.717, 1.165) is 15.3 Å². The average molecular weight is 376 g/mol. The first-order chi connectivity index (χ1) is 13.2. The number of carbonyl (C=O) groups excluding carboxylic acids is 2. The summed E-state index contributed by atoms with van der Waals surface area (Å²) >= 11 is 1.63. The maximum atomic E-state index is 12.2. The lowest BCUT2D eigenvalue weighted by Crippen LogP contribution is -2.22. The standard InChI is InChI=1S/C22H20N2O2S/c1-2-23-22(26)17-9-6-10-18(15-17)24-21(25)14-12-19-11-13-20(27-19)16-7-4-3-5-8-16/h3-15H,2H2,1H3,(H,23,26)(H,24,25)/b14-12+. The van der Waals surface area contributed by atoms with E-state index in [9.17, 15) is 9.59 Å². The van der Waals surface area contributed by atoms with Crippen molar-refractivity contribution in [2.45, 2.75) is 6.92 Å². The minimum Gasteiger partial charge on any atom is -0.352 e. The number of hydrogen-bond donors (Lipinski definition) is 2. The zero-order valence-electron chi connectivity index (χ0n) is 14.9. The molecule has 27 heavy (non-hydrogen) atoms. The Balaban J connectivity index is 1.63. The van der Waals surface area contributed by atoms with Crippen LogP contribution in [-0.2, 0) is 4.79 Å². The second kappa shape index (κ2) is 8.96. The first-order valence-corrected chi connectivity index (χ1v) is 9.50. The van der Waals surface area contributed by atoms with Gasteiger partial charge in [0.15, 0.2) is 0 Å². The van der Waals surface area contributed by atoms with Crippen molar-refractivity contribution in [2.75, 3.05) is 11.9 Å². The Labute approximate surface area is 162 Å². The molecule has 0 atom stereocenters. The van der Waals surface area contributed by atoms with Gasteiger partial charge in [0, 0.05) is 33.6 Å². The van der Waals surface area contributed by atoms with Crippen LogP contribution in [0.3, 0.4) is 0 Å².